The fourth-order valence-electron chi connectivity index (χ4n) is 3.60. The van der Waals surface area contributed by atoms with E-state index in [4.69, 9.17) is 0 Å². The molecule has 1 N–H and O–H groups in total. The van der Waals surface area contributed by atoms with Gasteiger partial charge in [0.2, 0.25) is 0 Å². The van der Waals surface area contributed by atoms with Crippen LogP contribution in [0.25, 0.3) is 0 Å². The van der Waals surface area contributed by atoms with Crippen LogP contribution in [0.15, 0.2) is 24.3 Å². The first-order valence-corrected chi connectivity index (χ1v) is 8.15. The highest BCUT2D eigenvalue weighted by Crippen LogP contribution is 2.30. The number of nitrogens with zero attached hydrogens (tertiary/aromatic N) is 1. The third kappa shape index (κ3) is 4.22. The number of halogens is 4. The number of hydrogen-bond acceptors (Lipinski definition) is 2. The summed E-state index contributed by atoms with van der Waals surface area (Å²) in [6, 6.07) is 5.06. The normalized spacial score (nSPS) is 22.3. The van der Waals surface area contributed by atoms with E-state index < -0.39 is 11.7 Å². The van der Waals surface area contributed by atoms with Crippen molar-refractivity contribution in [2.45, 2.75) is 37.9 Å². The summed E-state index contributed by atoms with van der Waals surface area (Å²) in [7, 11) is 0. The minimum Gasteiger partial charge on any atom is -0.339 e. The van der Waals surface area contributed by atoms with E-state index in [2.05, 4.69) is 5.32 Å². The third-order valence-corrected chi connectivity index (χ3v) is 4.95. The van der Waals surface area contributed by atoms with Gasteiger partial charge in [-0.25, -0.2) is 0 Å². The fraction of sp³-hybridized carbons (Fsp3) is 0.588. The van der Waals surface area contributed by atoms with Gasteiger partial charge in [0.05, 0.1) is 5.56 Å². The molecular weight excluding hydrogens is 341 g/mol. The minimum atomic E-state index is -4.37. The van der Waals surface area contributed by atoms with Crippen LogP contribution in [0.1, 0.15) is 41.6 Å². The van der Waals surface area contributed by atoms with Gasteiger partial charge < -0.3 is 10.2 Å². The number of amides is 1. The molecule has 2 aliphatic rings. The molecule has 0 aliphatic carbocycles. The molecule has 3 nitrogen and oxygen atoms in total. The lowest BCUT2D eigenvalue weighted by Crippen LogP contribution is -2.43. The lowest BCUT2D eigenvalue weighted by atomic mass is 9.88. The summed E-state index contributed by atoms with van der Waals surface area (Å²) < 4.78 is 37.7. The predicted octanol–water partition coefficient (Wildman–Crippen LogP) is 3.73. The number of hydrogen-bond donors (Lipinski definition) is 1. The molecule has 1 unspecified atom stereocenters. The summed E-state index contributed by atoms with van der Waals surface area (Å²) in [5, 5.41) is 3.51. The zero-order valence-electron chi connectivity index (χ0n) is 13.3. The molecular formula is C17H22ClF3N2O. The van der Waals surface area contributed by atoms with E-state index in [0.717, 1.165) is 31.5 Å². The number of benzene rings is 1. The van der Waals surface area contributed by atoms with E-state index in [0.29, 0.717) is 30.6 Å². The number of alkyl halides is 3. The summed E-state index contributed by atoms with van der Waals surface area (Å²) in [5.41, 5.74) is -0.393. The first-order chi connectivity index (χ1) is 10.9. The fourth-order valence-corrected chi connectivity index (χ4v) is 3.60. The van der Waals surface area contributed by atoms with Crippen LogP contribution in [-0.4, -0.2) is 36.5 Å². The Balaban J connectivity index is 0.00000208. The zero-order valence-corrected chi connectivity index (χ0v) is 14.1. The molecule has 1 atom stereocenters. The Bertz CT molecular complexity index is 548. The Hall–Kier alpha value is -1.27. The molecule has 134 valence electrons. The average Bonchev–Trinajstić information content (AvgIpc) is 3.08. The van der Waals surface area contributed by atoms with Gasteiger partial charge in [-0.05, 0) is 62.4 Å². The van der Waals surface area contributed by atoms with Crippen LogP contribution in [0, 0.1) is 5.92 Å². The number of rotatable bonds is 2. The predicted molar refractivity (Wildman–Crippen MR) is 88.3 cm³/mol. The maximum Gasteiger partial charge on any atom is 0.416 e. The Kier molecular flexibility index (Phi) is 6.15. The molecule has 7 heteroatoms. The number of nitrogens with one attached hydrogen (secondary N) is 1. The van der Waals surface area contributed by atoms with E-state index in [-0.39, 0.29) is 18.3 Å². The summed E-state index contributed by atoms with van der Waals surface area (Å²) in [6.07, 6.45) is -0.0187. The van der Waals surface area contributed by atoms with Crippen molar-refractivity contribution in [2.24, 2.45) is 5.92 Å². The van der Waals surface area contributed by atoms with Crippen LogP contribution in [0.4, 0.5) is 13.2 Å². The Morgan fingerprint density at radius 3 is 2.21 bits per heavy atom. The zero-order chi connectivity index (χ0) is 16.4. The van der Waals surface area contributed by atoms with E-state index in [9.17, 15) is 18.0 Å². The van der Waals surface area contributed by atoms with Gasteiger partial charge in [-0.15, -0.1) is 12.4 Å². The van der Waals surface area contributed by atoms with E-state index in [1.165, 1.54) is 25.0 Å². The standard InChI is InChI=1S/C17H21F3N2O.ClH/c18-17(19,20)14-5-3-13(4-6-14)16(23)22-10-7-12(8-11-22)15-2-1-9-21-15;/h3-6,12,15,21H,1-2,7-11H2;1H. The van der Waals surface area contributed by atoms with Crippen LogP contribution in [0.3, 0.4) is 0 Å². The van der Waals surface area contributed by atoms with Crippen LogP contribution in [-0.2, 0) is 6.18 Å². The Morgan fingerprint density at radius 1 is 1.08 bits per heavy atom. The smallest absolute Gasteiger partial charge is 0.339 e. The van der Waals surface area contributed by atoms with Crippen molar-refractivity contribution in [3.63, 3.8) is 0 Å². The highest BCUT2D eigenvalue weighted by atomic mass is 35.5. The number of piperidine rings is 1. The maximum atomic E-state index is 12.6. The monoisotopic (exact) mass is 362 g/mol. The molecule has 0 bridgehead atoms. The van der Waals surface area contributed by atoms with Crippen LogP contribution in [0.2, 0.25) is 0 Å². The molecule has 0 aromatic heterocycles. The molecule has 1 aromatic rings. The van der Waals surface area contributed by atoms with Gasteiger partial charge in [-0.2, -0.15) is 13.2 Å². The molecule has 2 aliphatic heterocycles. The van der Waals surface area contributed by atoms with Gasteiger partial charge in [0.1, 0.15) is 0 Å². The Labute approximate surface area is 146 Å². The number of likely N-dealkylation sites (tertiary alicyclic amines) is 1. The van der Waals surface area contributed by atoms with Gasteiger partial charge in [-0.3, -0.25) is 4.79 Å². The molecule has 1 amide bonds. The quantitative estimate of drug-likeness (QED) is 0.869. The molecule has 0 spiro atoms. The van der Waals surface area contributed by atoms with Gasteiger partial charge in [0.25, 0.3) is 5.91 Å². The van der Waals surface area contributed by atoms with Crippen LogP contribution >= 0.6 is 12.4 Å². The average molecular weight is 363 g/mol. The van der Waals surface area contributed by atoms with Crippen molar-refractivity contribution >= 4 is 18.3 Å². The lowest BCUT2D eigenvalue weighted by Gasteiger charge is -2.35. The van der Waals surface area contributed by atoms with Crippen molar-refractivity contribution in [1.82, 2.24) is 10.2 Å². The van der Waals surface area contributed by atoms with Crippen LogP contribution in [0.5, 0.6) is 0 Å². The van der Waals surface area contributed by atoms with E-state index in [1.807, 2.05) is 0 Å². The van der Waals surface area contributed by atoms with E-state index >= 15 is 0 Å². The van der Waals surface area contributed by atoms with Crippen molar-refractivity contribution in [2.75, 3.05) is 19.6 Å². The first-order valence-electron chi connectivity index (χ1n) is 8.15. The molecule has 3 rings (SSSR count). The molecule has 2 fully saturated rings. The number of carbonyl (C=O) groups excluding carboxylic acids is 1. The van der Waals surface area contributed by atoms with Crippen molar-refractivity contribution in [3.05, 3.63) is 35.4 Å². The third-order valence-electron chi connectivity index (χ3n) is 4.95. The van der Waals surface area contributed by atoms with Crippen LogP contribution < -0.4 is 5.32 Å². The first kappa shape index (κ1) is 19.1. The van der Waals surface area contributed by atoms with E-state index in [1.54, 1.807) is 4.90 Å². The SMILES string of the molecule is Cl.O=C(c1ccc(C(F)(F)F)cc1)N1CCC(C2CCCN2)CC1. The minimum absolute atomic E-state index is 0. The molecule has 24 heavy (non-hydrogen) atoms. The molecule has 0 saturated carbocycles. The second kappa shape index (κ2) is 7.74. The van der Waals surface area contributed by atoms with Gasteiger partial charge in [0.15, 0.2) is 0 Å². The molecule has 0 radical (unpaired) electrons. The summed E-state index contributed by atoms with van der Waals surface area (Å²) in [6.45, 7) is 2.45. The molecule has 2 heterocycles. The van der Waals surface area contributed by atoms with Crippen molar-refractivity contribution in [3.8, 4) is 0 Å². The second-order valence-electron chi connectivity index (χ2n) is 6.41. The highest BCUT2D eigenvalue weighted by molar-refractivity contribution is 5.94. The van der Waals surface area contributed by atoms with Crippen molar-refractivity contribution in [1.29, 1.82) is 0 Å². The second-order valence-corrected chi connectivity index (χ2v) is 6.41. The van der Waals surface area contributed by atoms with Gasteiger partial charge in [0, 0.05) is 24.7 Å². The number of carbonyl (C=O) groups is 1. The lowest BCUT2D eigenvalue weighted by molar-refractivity contribution is -0.137. The summed E-state index contributed by atoms with van der Waals surface area (Å²) in [4.78, 5) is 14.2. The Morgan fingerprint density at radius 2 is 1.71 bits per heavy atom. The highest BCUT2D eigenvalue weighted by Gasteiger charge is 2.32. The summed E-state index contributed by atoms with van der Waals surface area (Å²) >= 11 is 0. The maximum absolute atomic E-state index is 12.6. The largest absolute Gasteiger partial charge is 0.416 e. The van der Waals surface area contributed by atoms with Gasteiger partial charge in [-0.1, -0.05) is 0 Å². The topological polar surface area (TPSA) is 32.3 Å². The van der Waals surface area contributed by atoms with Crippen molar-refractivity contribution < 1.29 is 18.0 Å². The summed E-state index contributed by atoms with van der Waals surface area (Å²) in [5.74, 6) is 0.436. The molecule has 1 aromatic carbocycles. The molecule has 2 saturated heterocycles. The van der Waals surface area contributed by atoms with Gasteiger partial charge >= 0.3 is 6.18 Å².